The van der Waals surface area contributed by atoms with E-state index in [0.29, 0.717) is 0 Å². The molecule has 0 aromatic carbocycles. The second kappa shape index (κ2) is 5.82. The normalized spacial score (nSPS) is 11.3. The van der Waals surface area contributed by atoms with Gasteiger partial charge in [-0.1, -0.05) is 30.0 Å². The van der Waals surface area contributed by atoms with Crippen molar-refractivity contribution in [3.05, 3.63) is 30.1 Å². The van der Waals surface area contributed by atoms with Crippen LogP contribution in [0.4, 0.5) is 0 Å². The maximum atomic E-state index is 5.11. The Hall–Kier alpha value is -0.940. The Kier molecular flexibility index (Phi) is 4.71. The van der Waals surface area contributed by atoms with Gasteiger partial charge in [0.05, 0.1) is 11.4 Å². The van der Waals surface area contributed by atoms with E-state index in [4.69, 9.17) is 12.2 Å². The molecule has 0 unspecified atom stereocenters. The number of nitrogens with zero attached hydrogens (tertiary/aromatic N) is 3. The summed E-state index contributed by atoms with van der Waals surface area (Å²) in [6.45, 7) is 1.92. The molecule has 80 valence electrons. The summed E-state index contributed by atoms with van der Waals surface area (Å²) in [5.41, 5.74) is 1.72. The maximum Gasteiger partial charge on any atom is 0.156 e. The van der Waals surface area contributed by atoms with Crippen molar-refractivity contribution in [2.45, 2.75) is 6.92 Å². The Morgan fingerprint density at radius 2 is 2.27 bits per heavy atom. The molecule has 1 heterocycles. The van der Waals surface area contributed by atoms with Crippen LogP contribution in [-0.4, -0.2) is 33.3 Å². The minimum Gasteiger partial charge on any atom is -0.255 e. The number of hydrazone groups is 1. The van der Waals surface area contributed by atoms with Gasteiger partial charge in [0, 0.05) is 13.2 Å². The van der Waals surface area contributed by atoms with E-state index >= 15 is 0 Å². The molecule has 1 aromatic heterocycles. The third-order valence-corrected chi connectivity index (χ3v) is 3.15. The predicted octanol–water partition coefficient (Wildman–Crippen LogP) is 2.39. The van der Waals surface area contributed by atoms with Crippen molar-refractivity contribution in [1.29, 1.82) is 0 Å². The fourth-order valence-corrected chi connectivity index (χ4v) is 1.37. The van der Waals surface area contributed by atoms with E-state index in [-0.39, 0.29) is 0 Å². The molecule has 0 saturated heterocycles. The van der Waals surface area contributed by atoms with E-state index in [9.17, 15) is 0 Å². The van der Waals surface area contributed by atoms with Gasteiger partial charge >= 0.3 is 0 Å². The van der Waals surface area contributed by atoms with Crippen LogP contribution >= 0.6 is 24.0 Å². The lowest BCUT2D eigenvalue weighted by Gasteiger charge is -2.12. The molecule has 0 aliphatic carbocycles. The number of hydrogen-bond acceptors (Lipinski definition) is 4. The van der Waals surface area contributed by atoms with Gasteiger partial charge < -0.3 is 0 Å². The summed E-state index contributed by atoms with van der Waals surface area (Å²) in [5.74, 6) is 0. The Balaban J connectivity index is 2.80. The molecule has 0 saturated carbocycles. The van der Waals surface area contributed by atoms with Crippen LogP contribution in [-0.2, 0) is 0 Å². The highest BCUT2D eigenvalue weighted by atomic mass is 32.2. The van der Waals surface area contributed by atoms with Crippen molar-refractivity contribution in [2.75, 3.05) is 13.3 Å². The molecule has 0 N–H and O–H groups in total. The van der Waals surface area contributed by atoms with Crippen molar-refractivity contribution in [3.63, 3.8) is 0 Å². The molecule has 0 fully saturated rings. The fraction of sp³-hybridized carbons (Fsp3) is 0.300. The van der Waals surface area contributed by atoms with Gasteiger partial charge in [-0.25, -0.2) is 0 Å². The van der Waals surface area contributed by atoms with E-state index < -0.39 is 0 Å². The zero-order valence-electron chi connectivity index (χ0n) is 8.97. The molecule has 0 spiro atoms. The molecule has 1 rings (SSSR count). The van der Waals surface area contributed by atoms with Crippen molar-refractivity contribution < 1.29 is 0 Å². The van der Waals surface area contributed by atoms with Crippen LogP contribution in [0.15, 0.2) is 29.5 Å². The third-order valence-electron chi connectivity index (χ3n) is 1.77. The zero-order valence-corrected chi connectivity index (χ0v) is 10.6. The van der Waals surface area contributed by atoms with E-state index in [1.54, 1.807) is 11.2 Å². The Morgan fingerprint density at radius 1 is 1.53 bits per heavy atom. The molecule has 0 bridgehead atoms. The summed E-state index contributed by atoms with van der Waals surface area (Å²) in [5, 5.41) is 6.03. The summed E-state index contributed by atoms with van der Waals surface area (Å²) in [6.07, 6.45) is 3.69. The molecule has 3 nitrogen and oxygen atoms in total. The number of pyridine rings is 1. The van der Waals surface area contributed by atoms with Crippen LogP contribution in [0, 0.1) is 0 Å². The number of thiocarbonyl (C=S) groups is 1. The van der Waals surface area contributed by atoms with Crippen LogP contribution in [0.25, 0.3) is 0 Å². The lowest BCUT2D eigenvalue weighted by Crippen LogP contribution is -2.17. The van der Waals surface area contributed by atoms with Gasteiger partial charge in [0.25, 0.3) is 0 Å². The Bertz CT molecular complexity index is 362. The molecule has 0 amide bonds. The van der Waals surface area contributed by atoms with Crippen LogP contribution in [0.1, 0.15) is 12.6 Å². The van der Waals surface area contributed by atoms with Gasteiger partial charge in [-0.15, -0.1) is 0 Å². The molecular weight excluding hydrogens is 226 g/mol. The van der Waals surface area contributed by atoms with Crippen LogP contribution in [0.3, 0.4) is 0 Å². The van der Waals surface area contributed by atoms with Gasteiger partial charge in [-0.05, 0) is 25.3 Å². The van der Waals surface area contributed by atoms with Crippen molar-refractivity contribution in [1.82, 2.24) is 9.99 Å². The zero-order chi connectivity index (χ0) is 11.3. The van der Waals surface area contributed by atoms with Crippen molar-refractivity contribution in [3.8, 4) is 0 Å². The highest BCUT2D eigenvalue weighted by Crippen LogP contribution is 2.05. The van der Waals surface area contributed by atoms with Gasteiger partial charge in [0.15, 0.2) is 4.32 Å². The van der Waals surface area contributed by atoms with Crippen molar-refractivity contribution >= 4 is 34.0 Å². The molecule has 15 heavy (non-hydrogen) atoms. The van der Waals surface area contributed by atoms with Gasteiger partial charge in [-0.3, -0.25) is 9.99 Å². The Morgan fingerprint density at radius 3 is 2.80 bits per heavy atom. The minimum absolute atomic E-state index is 0.741. The average molecular weight is 239 g/mol. The minimum atomic E-state index is 0.741. The van der Waals surface area contributed by atoms with Crippen LogP contribution in [0.5, 0.6) is 0 Å². The first-order valence-electron chi connectivity index (χ1n) is 4.43. The smallest absolute Gasteiger partial charge is 0.156 e. The largest absolute Gasteiger partial charge is 0.255 e. The SMILES string of the molecule is CSC(=S)N(C)N=C(C)c1ccccn1. The molecule has 0 aliphatic heterocycles. The highest BCUT2D eigenvalue weighted by molar-refractivity contribution is 8.22. The van der Waals surface area contributed by atoms with Gasteiger partial charge in [-0.2, -0.15) is 5.10 Å². The first-order valence-corrected chi connectivity index (χ1v) is 6.06. The number of rotatable bonds is 2. The second-order valence-electron chi connectivity index (χ2n) is 2.89. The lowest BCUT2D eigenvalue weighted by molar-refractivity contribution is 0.565. The number of thioether (sulfide) groups is 1. The monoisotopic (exact) mass is 239 g/mol. The molecule has 0 aliphatic rings. The standard InChI is InChI=1S/C10H13N3S2/c1-8(9-6-4-5-7-11-9)12-13(2)10(14)15-3/h4-7H,1-3H3. The van der Waals surface area contributed by atoms with Gasteiger partial charge in [0.2, 0.25) is 0 Å². The third kappa shape index (κ3) is 3.60. The van der Waals surface area contributed by atoms with E-state index in [1.807, 2.05) is 38.4 Å². The summed E-state index contributed by atoms with van der Waals surface area (Å²) < 4.78 is 0.741. The van der Waals surface area contributed by atoms with Crippen LogP contribution in [0.2, 0.25) is 0 Å². The molecule has 0 radical (unpaired) electrons. The average Bonchev–Trinajstić information content (AvgIpc) is 2.29. The first kappa shape index (κ1) is 12.1. The van der Waals surface area contributed by atoms with E-state index in [0.717, 1.165) is 15.7 Å². The fourth-order valence-electron chi connectivity index (χ4n) is 1.03. The van der Waals surface area contributed by atoms with Crippen molar-refractivity contribution in [2.24, 2.45) is 5.10 Å². The highest BCUT2D eigenvalue weighted by Gasteiger charge is 2.03. The van der Waals surface area contributed by atoms with E-state index in [2.05, 4.69) is 10.1 Å². The summed E-state index contributed by atoms with van der Waals surface area (Å²) in [7, 11) is 1.84. The summed E-state index contributed by atoms with van der Waals surface area (Å²) in [6, 6.07) is 5.75. The second-order valence-corrected chi connectivity index (χ2v) is 4.33. The topological polar surface area (TPSA) is 28.5 Å². The van der Waals surface area contributed by atoms with E-state index in [1.165, 1.54) is 11.8 Å². The molecule has 5 heteroatoms. The van der Waals surface area contributed by atoms with Gasteiger partial charge in [0.1, 0.15) is 0 Å². The predicted molar refractivity (Wildman–Crippen MR) is 70.3 cm³/mol. The lowest BCUT2D eigenvalue weighted by atomic mass is 10.3. The summed E-state index contributed by atoms with van der Waals surface area (Å²) >= 11 is 6.61. The number of hydrogen-bond donors (Lipinski definition) is 0. The summed E-state index contributed by atoms with van der Waals surface area (Å²) in [4.78, 5) is 4.21. The molecule has 0 atom stereocenters. The molecular formula is C10H13N3S2. The quantitative estimate of drug-likeness (QED) is 0.450. The molecule has 1 aromatic rings. The first-order chi connectivity index (χ1) is 7.15. The Labute approximate surface area is 99.6 Å². The number of aromatic nitrogens is 1. The maximum absolute atomic E-state index is 5.11. The van der Waals surface area contributed by atoms with Crippen LogP contribution < -0.4 is 0 Å².